The Morgan fingerprint density at radius 2 is 1.83 bits per heavy atom. The minimum absolute atomic E-state index is 0.00876. The lowest BCUT2D eigenvalue weighted by molar-refractivity contribution is -0.0251. The smallest absolute Gasteiger partial charge is 0.152 e. The molecule has 0 bridgehead atoms. The van der Waals surface area contributed by atoms with Gasteiger partial charge in [-0.05, 0) is 52.9 Å². The van der Waals surface area contributed by atoms with Gasteiger partial charge >= 0.3 is 0 Å². The number of sulfone groups is 1. The molecule has 4 nitrogen and oxygen atoms in total. The Hall–Kier alpha value is -0.130. The first kappa shape index (κ1) is 15.9. The zero-order chi connectivity index (χ0) is 13.9. The molecule has 0 aromatic carbocycles. The van der Waals surface area contributed by atoms with Crippen LogP contribution < -0.4 is 5.73 Å². The van der Waals surface area contributed by atoms with Crippen LogP contribution in [0.1, 0.15) is 47.0 Å². The highest BCUT2D eigenvalue weighted by atomic mass is 32.2. The van der Waals surface area contributed by atoms with Crippen molar-refractivity contribution in [2.24, 2.45) is 11.7 Å². The zero-order valence-corrected chi connectivity index (χ0v) is 12.7. The highest BCUT2D eigenvalue weighted by Crippen LogP contribution is 2.28. The summed E-state index contributed by atoms with van der Waals surface area (Å²) in [7, 11) is -3.02. The van der Waals surface area contributed by atoms with Crippen molar-refractivity contribution < 1.29 is 13.2 Å². The molecular formula is C13H27NO3S. The van der Waals surface area contributed by atoms with E-state index in [0.717, 1.165) is 19.3 Å². The van der Waals surface area contributed by atoms with E-state index in [2.05, 4.69) is 0 Å². The molecule has 0 amide bonds. The van der Waals surface area contributed by atoms with E-state index in [1.165, 1.54) is 0 Å². The van der Waals surface area contributed by atoms with Crippen molar-refractivity contribution in [3.05, 3.63) is 0 Å². The summed E-state index contributed by atoms with van der Waals surface area (Å²) in [5, 5.41) is -0.323. The largest absolute Gasteiger partial charge is 0.376 e. The van der Waals surface area contributed by atoms with E-state index in [4.69, 9.17) is 10.5 Å². The molecule has 0 aliphatic heterocycles. The molecule has 1 saturated carbocycles. The number of hydrogen-bond donors (Lipinski definition) is 1. The molecule has 3 atom stereocenters. The minimum atomic E-state index is -3.02. The van der Waals surface area contributed by atoms with Gasteiger partial charge in [-0.1, -0.05) is 0 Å². The van der Waals surface area contributed by atoms with Gasteiger partial charge in [0.25, 0.3) is 0 Å². The molecule has 18 heavy (non-hydrogen) atoms. The van der Waals surface area contributed by atoms with E-state index in [9.17, 15) is 8.42 Å². The zero-order valence-electron chi connectivity index (χ0n) is 11.9. The number of ether oxygens (including phenoxy) is 1. The van der Waals surface area contributed by atoms with Crippen molar-refractivity contribution >= 4 is 9.84 Å². The second kappa shape index (κ2) is 6.35. The summed E-state index contributed by atoms with van der Waals surface area (Å²) in [5.74, 6) is 0.235. The Labute approximate surface area is 111 Å². The molecule has 2 N–H and O–H groups in total. The van der Waals surface area contributed by atoms with E-state index in [-0.39, 0.29) is 35.2 Å². The molecular weight excluding hydrogens is 250 g/mol. The number of nitrogens with two attached hydrogens (primary N) is 1. The van der Waals surface area contributed by atoms with Crippen molar-refractivity contribution in [2.75, 3.05) is 5.75 Å². The first-order valence-corrected chi connectivity index (χ1v) is 8.56. The molecule has 0 spiro atoms. The summed E-state index contributed by atoms with van der Waals surface area (Å²) in [6, 6.07) is -0.00876. The third-order valence-corrected chi connectivity index (χ3v) is 5.95. The van der Waals surface area contributed by atoms with Gasteiger partial charge in [0, 0.05) is 6.04 Å². The van der Waals surface area contributed by atoms with E-state index < -0.39 is 9.84 Å². The van der Waals surface area contributed by atoms with Crippen LogP contribution in [0.15, 0.2) is 0 Å². The summed E-state index contributed by atoms with van der Waals surface area (Å²) in [6.45, 7) is 7.47. The van der Waals surface area contributed by atoms with Gasteiger partial charge in [-0.2, -0.15) is 0 Å². The Balaban J connectivity index is 2.63. The highest BCUT2D eigenvalue weighted by Gasteiger charge is 2.33. The van der Waals surface area contributed by atoms with Gasteiger partial charge < -0.3 is 10.5 Å². The summed E-state index contributed by atoms with van der Waals surface area (Å²) < 4.78 is 29.7. The Morgan fingerprint density at radius 1 is 1.22 bits per heavy atom. The quantitative estimate of drug-likeness (QED) is 0.831. The van der Waals surface area contributed by atoms with Gasteiger partial charge in [-0.3, -0.25) is 0 Å². The minimum Gasteiger partial charge on any atom is -0.376 e. The monoisotopic (exact) mass is 277 g/mol. The predicted octanol–water partition coefficient (Wildman–Crippen LogP) is 1.73. The Morgan fingerprint density at radius 3 is 2.33 bits per heavy atom. The molecule has 1 fully saturated rings. The van der Waals surface area contributed by atoms with Gasteiger partial charge in [0.15, 0.2) is 9.84 Å². The molecule has 0 saturated heterocycles. The first-order chi connectivity index (χ1) is 8.22. The number of hydrogen-bond acceptors (Lipinski definition) is 4. The van der Waals surface area contributed by atoms with E-state index in [1.54, 1.807) is 13.8 Å². The third kappa shape index (κ3) is 4.52. The topological polar surface area (TPSA) is 69.4 Å². The second-order valence-corrected chi connectivity index (χ2v) is 8.52. The van der Waals surface area contributed by atoms with Crippen molar-refractivity contribution in [2.45, 2.75) is 70.5 Å². The van der Waals surface area contributed by atoms with E-state index >= 15 is 0 Å². The van der Waals surface area contributed by atoms with Crippen LogP contribution in [0, 0.1) is 5.92 Å². The first-order valence-electron chi connectivity index (χ1n) is 6.85. The lowest BCUT2D eigenvalue weighted by Crippen LogP contribution is -2.43. The summed E-state index contributed by atoms with van der Waals surface area (Å²) in [6.07, 6.45) is 2.92. The van der Waals surface area contributed by atoms with Gasteiger partial charge in [0.2, 0.25) is 0 Å². The van der Waals surface area contributed by atoms with Crippen LogP contribution in [-0.2, 0) is 14.6 Å². The van der Waals surface area contributed by atoms with Crippen molar-refractivity contribution in [3.63, 3.8) is 0 Å². The van der Waals surface area contributed by atoms with Gasteiger partial charge in [0.1, 0.15) is 0 Å². The van der Waals surface area contributed by atoms with E-state index in [1.807, 2.05) is 13.8 Å². The van der Waals surface area contributed by atoms with Crippen molar-refractivity contribution in [1.82, 2.24) is 0 Å². The van der Waals surface area contributed by atoms with Crippen molar-refractivity contribution in [3.8, 4) is 0 Å². The van der Waals surface area contributed by atoms with Gasteiger partial charge in [-0.15, -0.1) is 0 Å². The Bertz CT molecular complexity index is 351. The fourth-order valence-electron chi connectivity index (χ4n) is 2.44. The lowest BCUT2D eigenvalue weighted by atomic mass is 9.84. The van der Waals surface area contributed by atoms with Crippen LogP contribution in [-0.4, -0.2) is 37.7 Å². The average Bonchev–Trinajstić information content (AvgIpc) is 2.21. The van der Waals surface area contributed by atoms with Crippen LogP contribution in [0.5, 0.6) is 0 Å². The predicted molar refractivity (Wildman–Crippen MR) is 74.2 cm³/mol. The van der Waals surface area contributed by atoms with Crippen LogP contribution in [0.25, 0.3) is 0 Å². The SMILES string of the molecule is CC(C)OC1CC[C@H](N)[C@H](CS(=O)(=O)C(C)C)C1. The average molecular weight is 277 g/mol. The molecule has 0 aromatic heterocycles. The van der Waals surface area contributed by atoms with Crippen LogP contribution in [0.3, 0.4) is 0 Å². The maximum Gasteiger partial charge on any atom is 0.152 e. The summed E-state index contributed by atoms with van der Waals surface area (Å²) in [4.78, 5) is 0. The maximum atomic E-state index is 12.0. The molecule has 1 unspecified atom stereocenters. The van der Waals surface area contributed by atoms with Crippen LogP contribution in [0.4, 0.5) is 0 Å². The van der Waals surface area contributed by atoms with Gasteiger partial charge in [-0.25, -0.2) is 8.42 Å². The molecule has 1 aliphatic rings. The number of rotatable bonds is 5. The lowest BCUT2D eigenvalue weighted by Gasteiger charge is -2.35. The Kier molecular flexibility index (Phi) is 5.62. The van der Waals surface area contributed by atoms with Crippen LogP contribution in [0.2, 0.25) is 0 Å². The van der Waals surface area contributed by atoms with Crippen molar-refractivity contribution in [1.29, 1.82) is 0 Å². The fraction of sp³-hybridized carbons (Fsp3) is 1.00. The third-order valence-electron chi connectivity index (χ3n) is 3.62. The molecule has 0 aromatic rings. The fourth-order valence-corrected chi connectivity index (χ4v) is 3.80. The second-order valence-electron chi connectivity index (χ2n) is 5.92. The molecule has 1 rings (SSSR count). The normalized spacial score (nSPS) is 30.1. The molecule has 5 heteroatoms. The maximum absolute atomic E-state index is 12.0. The van der Waals surface area contributed by atoms with Crippen LogP contribution >= 0.6 is 0 Å². The molecule has 0 radical (unpaired) electrons. The summed E-state index contributed by atoms with van der Waals surface area (Å²) >= 11 is 0. The summed E-state index contributed by atoms with van der Waals surface area (Å²) in [5.41, 5.74) is 6.06. The molecule has 108 valence electrons. The van der Waals surface area contributed by atoms with E-state index in [0.29, 0.717) is 0 Å². The molecule has 0 heterocycles. The van der Waals surface area contributed by atoms with Gasteiger partial charge in [0.05, 0.1) is 23.2 Å². The standard InChI is InChI=1S/C13H27NO3S/c1-9(2)17-12-5-6-13(14)11(7-12)8-18(15,16)10(3)4/h9-13H,5-8,14H2,1-4H3/t11-,12?,13-/m0/s1. The highest BCUT2D eigenvalue weighted by molar-refractivity contribution is 7.91. The molecule has 1 aliphatic carbocycles.